The minimum absolute atomic E-state index is 0.191. The van der Waals surface area contributed by atoms with E-state index in [1.165, 1.54) is 0 Å². The summed E-state index contributed by atoms with van der Waals surface area (Å²) >= 11 is 0. The standard InChI is InChI=1S/C24H21N5O2/c1-31-16-12-10-15(11-13-16)24(30)29-21(23-27-19-8-4-5-9-20(19)28-23)14-22-25-17-6-2-3-7-18(17)26-22/h2-13,21H,14H2,1H3,(H,25,26)(H,27,28)(H,29,30). The number of hydrogen-bond donors (Lipinski definition) is 3. The fraction of sp³-hybridized carbons (Fsp3) is 0.125. The Morgan fingerprint density at radius 1 is 0.903 bits per heavy atom. The number of fused-ring (bicyclic) bond motifs is 2. The SMILES string of the molecule is COc1ccc(C(=O)NC(Cc2nc3ccccc3[nH]2)c2nc3ccccc3[nH]2)cc1. The summed E-state index contributed by atoms with van der Waals surface area (Å²) in [6, 6.07) is 22.3. The maximum Gasteiger partial charge on any atom is 0.251 e. The third-order valence-corrected chi connectivity index (χ3v) is 5.23. The third-order valence-electron chi connectivity index (χ3n) is 5.23. The Balaban J connectivity index is 1.47. The number of H-pyrrole nitrogens is 2. The predicted octanol–water partition coefficient (Wildman–Crippen LogP) is 4.16. The molecule has 0 aliphatic carbocycles. The number of imidazole rings is 2. The van der Waals surface area contributed by atoms with E-state index in [2.05, 4.69) is 20.3 Å². The van der Waals surface area contributed by atoms with Crippen LogP contribution in [0.2, 0.25) is 0 Å². The summed E-state index contributed by atoms with van der Waals surface area (Å²) in [5.74, 6) is 1.97. The topological polar surface area (TPSA) is 95.7 Å². The molecule has 0 aliphatic heterocycles. The van der Waals surface area contributed by atoms with E-state index in [0.717, 1.165) is 27.9 Å². The minimum atomic E-state index is -0.387. The van der Waals surface area contributed by atoms with Crippen molar-refractivity contribution in [3.05, 3.63) is 90.0 Å². The van der Waals surface area contributed by atoms with Crippen molar-refractivity contribution >= 4 is 28.0 Å². The van der Waals surface area contributed by atoms with Crippen molar-refractivity contribution in [3.63, 3.8) is 0 Å². The molecule has 31 heavy (non-hydrogen) atoms. The second-order valence-electron chi connectivity index (χ2n) is 7.30. The van der Waals surface area contributed by atoms with Gasteiger partial charge in [0.1, 0.15) is 17.4 Å². The van der Waals surface area contributed by atoms with Crippen LogP contribution in [0.5, 0.6) is 5.75 Å². The Hall–Kier alpha value is -4.13. The molecular formula is C24H21N5O2. The molecule has 2 heterocycles. The maximum atomic E-state index is 13.0. The molecule has 1 atom stereocenters. The zero-order valence-corrected chi connectivity index (χ0v) is 16.9. The van der Waals surface area contributed by atoms with Gasteiger partial charge < -0.3 is 20.0 Å². The lowest BCUT2D eigenvalue weighted by Crippen LogP contribution is -2.31. The van der Waals surface area contributed by atoms with E-state index >= 15 is 0 Å². The van der Waals surface area contributed by atoms with Gasteiger partial charge in [-0.1, -0.05) is 24.3 Å². The fourth-order valence-electron chi connectivity index (χ4n) is 3.63. The number of carbonyl (C=O) groups excluding carboxylic acids is 1. The molecule has 1 unspecified atom stereocenters. The summed E-state index contributed by atoms with van der Waals surface area (Å²) in [5.41, 5.74) is 4.17. The zero-order chi connectivity index (χ0) is 21.2. The van der Waals surface area contributed by atoms with Crippen molar-refractivity contribution in [2.24, 2.45) is 0 Å². The Morgan fingerprint density at radius 2 is 1.55 bits per heavy atom. The van der Waals surface area contributed by atoms with Crippen molar-refractivity contribution < 1.29 is 9.53 Å². The van der Waals surface area contributed by atoms with Crippen LogP contribution in [0.25, 0.3) is 22.1 Å². The van der Waals surface area contributed by atoms with Crippen molar-refractivity contribution in [1.29, 1.82) is 0 Å². The number of para-hydroxylation sites is 4. The number of nitrogens with one attached hydrogen (secondary N) is 3. The van der Waals surface area contributed by atoms with Gasteiger partial charge in [-0.15, -0.1) is 0 Å². The van der Waals surface area contributed by atoms with E-state index < -0.39 is 0 Å². The summed E-state index contributed by atoms with van der Waals surface area (Å²) in [6.45, 7) is 0. The van der Waals surface area contributed by atoms with Gasteiger partial charge in [-0.25, -0.2) is 9.97 Å². The number of benzene rings is 3. The number of aromatic amines is 2. The van der Waals surface area contributed by atoms with E-state index in [1.807, 2.05) is 48.5 Å². The van der Waals surface area contributed by atoms with Crippen LogP contribution in [0.1, 0.15) is 28.0 Å². The molecule has 7 heteroatoms. The molecule has 0 bridgehead atoms. The molecule has 0 saturated carbocycles. The molecule has 0 fully saturated rings. The fourth-order valence-corrected chi connectivity index (χ4v) is 3.63. The van der Waals surface area contributed by atoms with E-state index in [4.69, 9.17) is 9.72 Å². The number of nitrogens with zero attached hydrogens (tertiary/aromatic N) is 2. The first-order valence-electron chi connectivity index (χ1n) is 10.0. The monoisotopic (exact) mass is 411 g/mol. The molecule has 154 valence electrons. The van der Waals surface area contributed by atoms with Crippen LogP contribution in [-0.4, -0.2) is 33.0 Å². The number of hydrogen-bond acceptors (Lipinski definition) is 4. The molecule has 1 amide bonds. The highest BCUT2D eigenvalue weighted by atomic mass is 16.5. The molecule has 0 radical (unpaired) electrons. The molecule has 0 saturated heterocycles. The molecule has 0 spiro atoms. The first kappa shape index (κ1) is 18.9. The highest BCUT2D eigenvalue weighted by molar-refractivity contribution is 5.94. The Bertz CT molecular complexity index is 1290. The molecular weight excluding hydrogens is 390 g/mol. The molecule has 7 nitrogen and oxygen atoms in total. The average Bonchev–Trinajstić information content (AvgIpc) is 3.42. The molecule has 0 aliphatic rings. The molecule has 3 N–H and O–H groups in total. The van der Waals surface area contributed by atoms with E-state index in [1.54, 1.807) is 31.4 Å². The Labute approximate surface area is 178 Å². The van der Waals surface area contributed by atoms with Gasteiger partial charge in [-0.3, -0.25) is 4.79 Å². The normalized spacial score (nSPS) is 12.2. The van der Waals surface area contributed by atoms with Crippen LogP contribution < -0.4 is 10.1 Å². The van der Waals surface area contributed by atoms with Gasteiger partial charge in [0.05, 0.1) is 35.2 Å². The summed E-state index contributed by atoms with van der Waals surface area (Å²) in [7, 11) is 1.60. The first-order valence-corrected chi connectivity index (χ1v) is 10.0. The van der Waals surface area contributed by atoms with Crippen molar-refractivity contribution in [1.82, 2.24) is 25.3 Å². The van der Waals surface area contributed by atoms with Crippen LogP contribution in [0.15, 0.2) is 72.8 Å². The molecule has 5 rings (SSSR count). The second kappa shape index (κ2) is 7.95. The highest BCUT2D eigenvalue weighted by Crippen LogP contribution is 2.21. The van der Waals surface area contributed by atoms with Crippen molar-refractivity contribution in [2.75, 3.05) is 7.11 Å². The molecule has 2 aromatic heterocycles. The Morgan fingerprint density at radius 3 is 2.19 bits per heavy atom. The van der Waals surface area contributed by atoms with Crippen LogP contribution in [0.4, 0.5) is 0 Å². The third kappa shape index (κ3) is 3.85. The zero-order valence-electron chi connectivity index (χ0n) is 16.9. The first-order chi connectivity index (χ1) is 15.2. The number of carbonyl (C=O) groups is 1. The number of ether oxygens (including phenoxy) is 1. The van der Waals surface area contributed by atoms with Gasteiger partial charge >= 0.3 is 0 Å². The lowest BCUT2D eigenvalue weighted by Gasteiger charge is -2.16. The molecule has 5 aromatic rings. The lowest BCUT2D eigenvalue weighted by atomic mass is 10.1. The summed E-state index contributed by atoms with van der Waals surface area (Å²) in [6.07, 6.45) is 0.469. The quantitative estimate of drug-likeness (QED) is 0.391. The van der Waals surface area contributed by atoms with Crippen molar-refractivity contribution in [3.8, 4) is 5.75 Å². The summed E-state index contributed by atoms with van der Waals surface area (Å²) < 4.78 is 5.18. The van der Waals surface area contributed by atoms with Crippen LogP contribution in [0, 0.1) is 0 Å². The van der Waals surface area contributed by atoms with Crippen LogP contribution >= 0.6 is 0 Å². The molecule has 3 aromatic carbocycles. The highest BCUT2D eigenvalue weighted by Gasteiger charge is 2.21. The van der Waals surface area contributed by atoms with Gasteiger partial charge in [0.25, 0.3) is 5.91 Å². The van der Waals surface area contributed by atoms with Gasteiger partial charge in [-0.05, 0) is 48.5 Å². The largest absolute Gasteiger partial charge is 0.497 e. The van der Waals surface area contributed by atoms with Gasteiger partial charge in [0.15, 0.2) is 0 Å². The van der Waals surface area contributed by atoms with E-state index in [-0.39, 0.29) is 11.9 Å². The number of methoxy groups -OCH3 is 1. The van der Waals surface area contributed by atoms with Crippen LogP contribution in [0.3, 0.4) is 0 Å². The maximum absolute atomic E-state index is 13.0. The number of aromatic nitrogens is 4. The Kier molecular flexibility index (Phi) is 4.84. The number of amides is 1. The second-order valence-corrected chi connectivity index (χ2v) is 7.30. The van der Waals surface area contributed by atoms with E-state index in [0.29, 0.717) is 23.6 Å². The average molecular weight is 411 g/mol. The number of rotatable bonds is 6. The van der Waals surface area contributed by atoms with Gasteiger partial charge in [-0.2, -0.15) is 0 Å². The van der Waals surface area contributed by atoms with Gasteiger partial charge in [0.2, 0.25) is 0 Å². The van der Waals surface area contributed by atoms with Crippen LogP contribution in [-0.2, 0) is 6.42 Å². The summed E-state index contributed by atoms with van der Waals surface area (Å²) in [5, 5.41) is 3.11. The lowest BCUT2D eigenvalue weighted by molar-refractivity contribution is 0.0934. The van der Waals surface area contributed by atoms with E-state index in [9.17, 15) is 4.79 Å². The minimum Gasteiger partial charge on any atom is -0.497 e. The van der Waals surface area contributed by atoms with Gasteiger partial charge in [0, 0.05) is 12.0 Å². The predicted molar refractivity (Wildman–Crippen MR) is 119 cm³/mol. The smallest absolute Gasteiger partial charge is 0.251 e. The summed E-state index contributed by atoms with van der Waals surface area (Å²) in [4.78, 5) is 29.0. The van der Waals surface area contributed by atoms with Crippen molar-refractivity contribution in [2.45, 2.75) is 12.5 Å².